The number of nitrogens with zero attached hydrogens (tertiary/aromatic N) is 1. The van der Waals surface area contributed by atoms with Gasteiger partial charge in [0, 0.05) is 30.6 Å². The molecule has 3 N–H and O–H groups in total. The number of halogens is 1. The molecule has 0 aromatic heterocycles. The van der Waals surface area contributed by atoms with Gasteiger partial charge in [-0.2, -0.15) is 0 Å². The van der Waals surface area contributed by atoms with E-state index < -0.39 is 0 Å². The maximum atomic E-state index is 7.28. The predicted molar refractivity (Wildman–Crippen MR) is 73.5 cm³/mol. The van der Waals surface area contributed by atoms with Crippen LogP contribution in [0.5, 0.6) is 0 Å². The fourth-order valence-electron chi connectivity index (χ4n) is 1.63. The molecule has 0 bridgehead atoms. The van der Waals surface area contributed by atoms with Gasteiger partial charge in [-0.1, -0.05) is 29.8 Å². The van der Waals surface area contributed by atoms with Gasteiger partial charge in [0.25, 0.3) is 0 Å². The van der Waals surface area contributed by atoms with Crippen LogP contribution in [-0.2, 0) is 6.54 Å². The van der Waals surface area contributed by atoms with Gasteiger partial charge in [0.15, 0.2) is 0 Å². The number of hydrogen-bond donors (Lipinski definition) is 2. The van der Waals surface area contributed by atoms with Crippen LogP contribution in [0.25, 0.3) is 0 Å². The zero-order valence-electron chi connectivity index (χ0n) is 10.4. The van der Waals surface area contributed by atoms with Crippen LogP contribution in [0.2, 0.25) is 5.02 Å². The Hall–Kier alpha value is -1.06. The first-order chi connectivity index (χ1) is 8.00. The molecule has 0 saturated carbocycles. The minimum Gasteiger partial charge on any atom is -0.388 e. The standard InChI is InChI=1S/C13H20ClN3/c1-10(2)17(8-7-13(15)16)9-11-5-3-4-6-12(11)14/h3-6,10H,7-9H2,1-2H3,(H3,15,16). The molecule has 0 spiro atoms. The minimum absolute atomic E-state index is 0.231. The highest BCUT2D eigenvalue weighted by Crippen LogP contribution is 2.18. The van der Waals surface area contributed by atoms with E-state index >= 15 is 0 Å². The quantitative estimate of drug-likeness (QED) is 0.605. The summed E-state index contributed by atoms with van der Waals surface area (Å²) >= 11 is 6.14. The topological polar surface area (TPSA) is 53.1 Å². The van der Waals surface area contributed by atoms with Crippen molar-refractivity contribution in [3.8, 4) is 0 Å². The highest BCUT2D eigenvalue weighted by atomic mass is 35.5. The molecule has 1 aromatic carbocycles. The Bertz CT molecular complexity index is 377. The fourth-order valence-corrected chi connectivity index (χ4v) is 1.82. The highest BCUT2D eigenvalue weighted by molar-refractivity contribution is 6.31. The third kappa shape index (κ3) is 4.75. The Morgan fingerprint density at radius 3 is 2.59 bits per heavy atom. The molecule has 17 heavy (non-hydrogen) atoms. The zero-order valence-corrected chi connectivity index (χ0v) is 11.2. The van der Waals surface area contributed by atoms with Crippen molar-refractivity contribution in [2.75, 3.05) is 6.54 Å². The summed E-state index contributed by atoms with van der Waals surface area (Å²) in [6.45, 7) is 5.86. The van der Waals surface area contributed by atoms with Gasteiger partial charge >= 0.3 is 0 Å². The van der Waals surface area contributed by atoms with Crippen molar-refractivity contribution in [2.24, 2.45) is 5.73 Å². The lowest BCUT2D eigenvalue weighted by molar-refractivity contribution is 0.219. The van der Waals surface area contributed by atoms with Crippen molar-refractivity contribution in [3.05, 3.63) is 34.9 Å². The van der Waals surface area contributed by atoms with Gasteiger partial charge in [0.1, 0.15) is 0 Å². The molecule has 0 heterocycles. The average molecular weight is 254 g/mol. The Kier molecular flexibility index (Phi) is 5.45. The lowest BCUT2D eigenvalue weighted by Gasteiger charge is -2.26. The molecular formula is C13H20ClN3. The van der Waals surface area contributed by atoms with Crippen LogP contribution in [0.15, 0.2) is 24.3 Å². The number of amidine groups is 1. The van der Waals surface area contributed by atoms with Crippen molar-refractivity contribution >= 4 is 17.4 Å². The van der Waals surface area contributed by atoms with E-state index in [4.69, 9.17) is 22.7 Å². The second-order valence-electron chi connectivity index (χ2n) is 4.43. The van der Waals surface area contributed by atoms with Gasteiger partial charge in [-0.05, 0) is 25.5 Å². The van der Waals surface area contributed by atoms with Crippen molar-refractivity contribution in [1.82, 2.24) is 4.90 Å². The van der Waals surface area contributed by atoms with Gasteiger partial charge in [-0.3, -0.25) is 10.3 Å². The predicted octanol–water partition coefficient (Wildman–Crippen LogP) is 2.88. The van der Waals surface area contributed by atoms with Gasteiger partial charge in [0.2, 0.25) is 0 Å². The molecule has 0 aliphatic heterocycles. The van der Waals surface area contributed by atoms with Crippen molar-refractivity contribution in [2.45, 2.75) is 32.9 Å². The van der Waals surface area contributed by atoms with Gasteiger partial charge in [-0.25, -0.2) is 0 Å². The van der Waals surface area contributed by atoms with Crippen LogP contribution in [0.3, 0.4) is 0 Å². The molecule has 4 heteroatoms. The van der Waals surface area contributed by atoms with Crippen molar-refractivity contribution < 1.29 is 0 Å². The summed E-state index contributed by atoms with van der Waals surface area (Å²) in [6.07, 6.45) is 0.600. The molecule has 0 fully saturated rings. The van der Waals surface area contributed by atoms with Crippen LogP contribution >= 0.6 is 11.6 Å². The van der Waals surface area contributed by atoms with Crippen molar-refractivity contribution in [3.63, 3.8) is 0 Å². The monoisotopic (exact) mass is 253 g/mol. The molecule has 0 unspecified atom stereocenters. The largest absolute Gasteiger partial charge is 0.388 e. The summed E-state index contributed by atoms with van der Waals surface area (Å²) in [4.78, 5) is 2.27. The third-order valence-electron chi connectivity index (χ3n) is 2.73. The maximum Gasteiger partial charge on any atom is 0.0918 e. The average Bonchev–Trinajstić information content (AvgIpc) is 2.25. The molecule has 0 atom stereocenters. The maximum absolute atomic E-state index is 7.28. The first-order valence-corrected chi connectivity index (χ1v) is 6.19. The van der Waals surface area contributed by atoms with Crippen LogP contribution in [0.1, 0.15) is 25.8 Å². The van der Waals surface area contributed by atoms with Gasteiger partial charge < -0.3 is 5.73 Å². The number of benzene rings is 1. The summed E-state index contributed by atoms with van der Waals surface area (Å²) in [5, 5.41) is 8.07. The molecular weight excluding hydrogens is 234 g/mol. The second-order valence-corrected chi connectivity index (χ2v) is 4.84. The molecule has 0 aliphatic carbocycles. The number of nitrogens with one attached hydrogen (secondary N) is 1. The Morgan fingerprint density at radius 2 is 2.06 bits per heavy atom. The molecule has 3 nitrogen and oxygen atoms in total. The SMILES string of the molecule is CC(C)N(CCC(=N)N)Cc1ccccc1Cl. The van der Waals surface area contributed by atoms with Crippen LogP contribution in [-0.4, -0.2) is 23.3 Å². The first-order valence-electron chi connectivity index (χ1n) is 5.81. The summed E-state index contributed by atoms with van der Waals surface area (Å²) < 4.78 is 0. The van der Waals surface area contributed by atoms with E-state index in [2.05, 4.69) is 18.7 Å². The van der Waals surface area contributed by atoms with E-state index in [1.54, 1.807) is 0 Å². The molecule has 0 radical (unpaired) electrons. The lowest BCUT2D eigenvalue weighted by atomic mass is 10.1. The summed E-state index contributed by atoms with van der Waals surface area (Å²) in [5.74, 6) is 0.231. The number of hydrogen-bond acceptors (Lipinski definition) is 2. The molecule has 0 aliphatic rings. The lowest BCUT2D eigenvalue weighted by Crippen LogP contribution is -2.33. The first kappa shape index (κ1) is 14.0. The fraction of sp³-hybridized carbons (Fsp3) is 0.462. The summed E-state index contributed by atoms with van der Waals surface area (Å²) in [6, 6.07) is 8.27. The number of nitrogens with two attached hydrogens (primary N) is 1. The molecule has 94 valence electrons. The third-order valence-corrected chi connectivity index (χ3v) is 3.10. The van der Waals surface area contributed by atoms with E-state index in [1.165, 1.54) is 0 Å². The van der Waals surface area contributed by atoms with E-state index in [0.717, 1.165) is 23.7 Å². The second kappa shape index (κ2) is 6.62. The normalized spacial score (nSPS) is 11.1. The van der Waals surface area contributed by atoms with E-state index in [9.17, 15) is 0 Å². The zero-order chi connectivity index (χ0) is 12.8. The van der Waals surface area contributed by atoms with Crippen LogP contribution < -0.4 is 5.73 Å². The molecule has 1 rings (SSSR count). The Morgan fingerprint density at radius 1 is 1.41 bits per heavy atom. The minimum atomic E-state index is 0.231. The van der Waals surface area contributed by atoms with E-state index in [1.807, 2.05) is 24.3 Å². The summed E-state index contributed by atoms with van der Waals surface area (Å²) in [7, 11) is 0. The van der Waals surface area contributed by atoms with Crippen molar-refractivity contribution in [1.29, 1.82) is 5.41 Å². The van der Waals surface area contributed by atoms with Gasteiger partial charge in [0.05, 0.1) is 5.84 Å². The molecule has 0 amide bonds. The molecule has 1 aromatic rings. The molecule has 0 saturated heterocycles. The van der Waals surface area contributed by atoms with E-state index in [0.29, 0.717) is 12.5 Å². The van der Waals surface area contributed by atoms with E-state index in [-0.39, 0.29) is 5.84 Å². The smallest absolute Gasteiger partial charge is 0.0918 e. The Balaban J connectivity index is 2.67. The highest BCUT2D eigenvalue weighted by Gasteiger charge is 2.11. The summed E-state index contributed by atoms with van der Waals surface area (Å²) in [5.41, 5.74) is 6.51. The Labute approximate surface area is 108 Å². The number of rotatable bonds is 6. The van der Waals surface area contributed by atoms with Crippen LogP contribution in [0.4, 0.5) is 0 Å². The van der Waals surface area contributed by atoms with Gasteiger partial charge in [-0.15, -0.1) is 0 Å². The van der Waals surface area contributed by atoms with Crippen LogP contribution in [0, 0.1) is 5.41 Å².